The van der Waals surface area contributed by atoms with Crippen LogP contribution in [0.4, 0.5) is 0 Å². The van der Waals surface area contributed by atoms with E-state index < -0.39 is 24.2 Å². The molecule has 2 amide bonds. The zero-order valence-corrected chi connectivity index (χ0v) is 26.1. The van der Waals surface area contributed by atoms with Gasteiger partial charge in [0.15, 0.2) is 11.5 Å². The number of halogens is 1. The minimum atomic E-state index is -1.16. The molecule has 1 heterocycles. The maximum Gasteiger partial charge on any atom is 0.247 e. The van der Waals surface area contributed by atoms with Crippen molar-refractivity contribution in [2.45, 2.75) is 51.5 Å². The molecular formula is C31H38IN3O7. The van der Waals surface area contributed by atoms with Crippen molar-refractivity contribution in [3.8, 4) is 11.5 Å². The molecule has 226 valence electrons. The second-order valence-electron chi connectivity index (χ2n) is 10.6. The first-order chi connectivity index (χ1) is 20.2. The third kappa shape index (κ3) is 7.25. The van der Waals surface area contributed by atoms with Gasteiger partial charge in [-0.2, -0.15) is 0 Å². The van der Waals surface area contributed by atoms with Crippen molar-refractivity contribution in [3.63, 3.8) is 0 Å². The number of fused-ring (bicyclic) bond motifs is 1. The molecule has 3 aromatic rings. The van der Waals surface area contributed by atoms with Crippen LogP contribution in [0.25, 0.3) is 10.9 Å². The number of H-pyrrole nitrogens is 1. The maximum atomic E-state index is 13.6. The SMILES string of the molecule is COc1cc(CO)cc(I)c1OC1C=C(C(=O)NCCO)CC(N(CCc2cc3ccccc3[nH]2)C(=O)C(C)C)C1O. The van der Waals surface area contributed by atoms with Crippen molar-refractivity contribution in [3.05, 3.63) is 68.9 Å². The monoisotopic (exact) mass is 691 g/mol. The number of ether oxygens (including phenoxy) is 2. The van der Waals surface area contributed by atoms with Gasteiger partial charge in [-0.25, -0.2) is 0 Å². The Bertz CT molecular complexity index is 1400. The first-order valence-corrected chi connectivity index (χ1v) is 15.0. The first kappa shape index (κ1) is 31.8. The molecule has 0 radical (unpaired) electrons. The summed E-state index contributed by atoms with van der Waals surface area (Å²) in [5.74, 6) is -0.172. The van der Waals surface area contributed by atoms with Gasteiger partial charge in [-0.1, -0.05) is 32.0 Å². The lowest BCUT2D eigenvalue weighted by molar-refractivity contribution is -0.141. The standard InChI is InChI=1S/C31H38IN3O7/c1-18(2)31(40)35(10-8-22-14-20-6-4-5-7-24(20)34-22)25-15-21(30(39)33-9-11-36)16-26(28(25)38)42-29-23(32)12-19(17-37)13-27(29)41-3/h4-7,12-14,16,18,25-26,28,34,36-38H,8-11,15,17H2,1-3H3,(H,33,39). The topological polar surface area (TPSA) is 144 Å². The number of nitrogens with one attached hydrogen (secondary N) is 2. The molecule has 0 saturated carbocycles. The smallest absolute Gasteiger partial charge is 0.247 e. The highest BCUT2D eigenvalue weighted by atomic mass is 127. The quantitative estimate of drug-likeness (QED) is 0.184. The van der Waals surface area contributed by atoms with E-state index in [0.717, 1.165) is 16.6 Å². The second-order valence-corrected chi connectivity index (χ2v) is 11.8. The molecule has 42 heavy (non-hydrogen) atoms. The Morgan fingerprint density at radius 2 is 1.95 bits per heavy atom. The van der Waals surface area contributed by atoms with Gasteiger partial charge in [-0.3, -0.25) is 9.59 Å². The van der Waals surface area contributed by atoms with Gasteiger partial charge in [0.25, 0.3) is 0 Å². The maximum absolute atomic E-state index is 13.6. The molecule has 3 unspecified atom stereocenters. The van der Waals surface area contributed by atoms with Crippen LogP contribution in [0.2, 0.25) is 0 Å². The molecule has 0 bridgehead atoms. The average molecular weight is 692 g/mol. The number of methoxy groups -OCH3 is 1. The zero-order valence-electron chi connectivity index (χ0n) is 24.0. The summed E-state index contributed by atoms with van der Waals surface area (Å²) in [6.07, 6.45) is 0.0472. The minimum absolute atomic E-state index is 0.0677. The van der Waals surface area contributed by atoms with Gasteiger partial charge in [0, 0.05) is 48.6 Å². The molecule has 1 aliphatic rings. The van der Waals surface area contributed by atoms with Crippen LogP contribution < -0.4 is 14.8 Å². The average Bonchev–Trinajstić information content (AvgIpc) is 3.41. The number of hydrogen-bond acceptors (Lipinski definition) is 7. The Hall–Kier alpha value is -3.13. The fourth-order valence-electron chi connectivity index (χ4n) is 5.17. The fourth-order valence-corrected chi connectivity index (χ4v) is 5.97. The Kier molecular flexibility index (Phi) is 10.9. The fraction of sp³-hybridized carbons (Fsp3) is 0.419. The molecule has 0 aliphatic heterocycles. The highest BCUT2D eigenvalue weighted by Gasteiger charge is 2.41. The highest BCUT2D eigenvalue weighted by molar-refractivity contribution is 14.1. The van der Waals surface area contributed by atoms with Crippen molar-refractivity contribution in [1.82, 2.24) is 15.2 Å². The largest absolute Gasteiger partial charge is 0.493 e. The van der Waals surface area contributed by atoms with E-state index in [1.54, 1.807) is 23.1 Å². The van der Waals surface area contributed by atoms with Crippen molar-refractivity contribution in [1.29, 1.82) is 0 Å². The number of hydrogen-bond donors (Lipinski definition) is 5. The molecule has 1 aromatic heterocycles. The third-order valence-electron chi connectivity index (χ3n) is 7.33. The molecule has 2 aromatic carbocycles. The number of aromatic amines is 1. The number of benzene rings is 2. The number of para-hydroxylation sites is 1. The van der Waals surface area contributed by atoms with Gasteiger partial charge in [0.2, 0.25) is 11.8 Å². The lowest BCUT2D eigenvalue weighted by Crippen LogP contribution is -2.56. The predicted molar refractivity (Wildman–Crippen MR) is 167 cm³/mol. The van der Waals surface area contributed by atoms with E-state index >= 15 is 0 Å². The van der Waals surface area contributed by atoms with Gasteiger partial charge in [0.1, 0.15) is 12.2 Å². The molecule has 4 rings (SSSR count). The molecule has 3 atom stereocenters. The van der Waals surface area contributed by atoms with Gasteiger partial charge in [-0.05, 0) is 63.9 Å². The van der Waals surface area contributed by atoms with E-state index in [4.69, 9.17) is 9.47 Å². The molecular weight excluding hydrogens is 653 g/mol. The molecule has 0 fully saturated rings. The number of rotatable bonds is 12. The van der Waals surface area contributed by atoms with E-state index in [0.29, 0.717) is 39.2 Å². The molecule has 0 saturated heterocycles. The van der Waals surface area contributed by atoms with Crippen LogP contribution in [0.3, 0.4) is 0 Å². The number of aromatic nitrogens is 1. The Balaban J connectivity index is 1.68. The van der Waals surface area contributed by atoms with Crippen LogP contribution in [-0.4, -0.2) is 82.1 Å². The van der Waals surface area contributed by atoms with Crippen molar-refractivity contribution >= 4 is 45.3 Å². The summed E-state index contributed by atoms with van der Waals surface area (Å²) in [5, 5.41) is 34.3. The Labute approximate surface area is 258 Å². The summed E-state index contributed by atoms with van der Waals surface area (Å²) in [7, 11) is 1.48. The van der Waals surface area contributed by atoms with Crippen LogP contribution in [-0.2, 0) is 22.6 Å². The van der Waals surface area contributed by atoms with Crippen LogP contribution in [0, 0.1) is 9.49 Å². The van der Waals surface area contributed by atoms with Crippen molar-refractivity contribution in [2.24, 2.45) is 5.92 Å². The van der Waals surface area contributed by atoms with Gasteiger partial charge >= 0.3 is 0 Å². The number of aliphatic hydroxyl groups is 3. The van der Waals surface area contributed by atoms with Gasteiger partial charge in [-0.15, -0.1) is 0 Å². The number of nitrogens with zero attached hydrogens (tertiary/aromatic N) is 1. The van der Waals surface area contributed by atoms with E-state index in [1.807, 2.05) is 38.1 Å². The summed E-state index contributed by atoms with van der Waals surface area (Å²) >= 11 is 2.07. The van der Waals surface area contributed by atoms with Crippen LogP contribution in [0.1, 0.15) is 31.5 Å². The lowest BCUT2D eigenvalue weighted by atomic mass is 9.87. The minimum Gasteiger partial charge on any atom is -0.493 e. The molecule has 10 nitrogen and oxygen atoms in total. The summed E-state index contributed by atoms with van der Waals surface area (Å²) in [6.45, 7) is 3.59. The third-order valence-corrected chi connectivity index (χ3v) is 8.13. The van der Waals surface area contributed by atoms with Gasteiger partial charge in [0.05, 0.1) is 29.9 Å². The Morgan fingerprint density at radius 3 is 2.62 bits per heavy atom. The molecule has 11 heteroatoms. The number of carbonyl (C=O) groups is 2. The Morgan fingerprint density at radius 1 is 1.19 bits per heavy atom. The van der Waals surface area contributed by atoms with Crippen LogP contribution in [0.5, 0.6) is 11.5 Å². The number of amides is 2. The molecule has 0 spiro atoms. The summed E-state index contributed by atoms with van der Waals surface area (Å²) in [6, 6.07) is 12.6. The number of aliphatic hydroxyl groups excluding tert-OH is 3. The van der Waals surface area contributed by atoms with Crippen LogP contribution >= 0.6 is 22.6 Å². The summed E-state index contributed by atoms with van der Waals surface area (Å²) < 4.78 is 12.5. The van der Waals surface area contributed by atoms with Crippen LogP contribution in [0.15, 0.2) is 54.1 Å². The van der Waals surface area contributed by atoms with E-state index in [-0.39, 0.29) is 38.0 Å². The van der Waals surface area contributed by atoms with E-state index in [9.17, 15) is 24.9 Å². The number of carbonyl (C=O) groups excluding carboxylic acids is 2. The van der Waals surface area contributed by atoms with E-state index in [1.165, 1.54) is 7.11 Å². The predicted octanol–water partition coefficient (Wildman–Crippen LogP) is 2.92. The summed E-state index contributed by atoms with van der Waals surface area (Å²) in [4.78, 5) is 31.7. The molecule has 5 N–H and O–H groups in total. The van der Waals surface area contributed by atoms with Crippen molar-refractivity contribution < 1.29 is 34.4 Å². The molecule has 1 aliphatic carbocycles. The lowest BCUT2D eigenvalue weighted by Gasteiger charge is -2.41. The highest BCUT2D eigenvalue weighted by Crippen LogP contribution is 2.37. The van der Waals surface area contributed by atoms with Crippen molar-refractivity contribution in [2.75, 3.05) is 26.8 Å². The summed E-state index contributed by atoms with van der Waals surface area (Å²) in [5.41, 5.74) is 2.94. The first-order valence-electron chi connectivity index (χ1n) is 14.0. The normalized spacial score (nSPS) is 18.6. The zero-order chi connectivity index (χ0) is 30.4. The van der Waals surface area contributed by atoms with Gasteiger partial charge < -0.3 is 40.0 Å². The van der Waals surface area contributed by atoms with E-state index in [2.05, 4.69) is 39.0 Å². The second kappa shape index (κ2) is 14.4.